The van der Waals surface area contributed by atoms with Crippen molar-refractivity contribution in [3.8, 4) is 5.75 Å². The Morgan fingerprint density at radius 2 is 1.96 bits per heavy atom. The first-order chi connectivity index (χ1) is 13.6. The van der Waals surface area contributed by atoms with E-state index in [-0.39, 0.29) is 24.4 Å². The van der Waals surface area contributed by atoms with Gasteiger partial charge in [0.2, 0.25) is 0 Å². The van der Waals surface area contributed by atoms with Crippen molar-refractivity contribution >= 4 is 11.7 Å². The lowest BCUT2D eigenvalue weighted by atomic mass is 9.98. The maximum absolute atomic E-state index is 12.3. The molecule has 1 aliphatic rings. The molecule has 5 heteroatoms. The van der Waals surface area contributed by atoms with Crippen LogP contribution in [0, 0.1) is 0 Å². The molecule has 0 aromatic heterocycles. The van der Waals surface area contributed by atoms with Crippen molar-refractivity contribution in [3.05, 3.63) is 71.3 Å². The minimum absolute atomic E-state index is 0.171. The predicted octanol–water partition coefficient (Wildman–Crippen LogP) is 3.94. The lowest BCUT2D eigenvalue weighted by Crippen LogP contribution is -2.22. The van der Waals surface area contributed by atoms with E-state index in [0.29, 0.717) is 0 Å². The molecule has 2 aromatic rings. The molecule has 2 aromatic carbocycles. The third kappa shape index (κ3) is 4.73. The topological polar surface area (TPSA) is 61.8 Å². The quantitative estimate of drug-likeness (QED) is 0.563. The zero-order valence-electron chi connectivity index (χ0n) is 16.5. The number of ether oxygens (including phenoxy) is 1. The number of esters is 1. The maximum Gasteiger partial charge on any atom is 0.331 e. The standard InChI is InChI=1S/C23H28N2O3/c1-3-25(4-2)19-10-11-20(21(26)15-19)23-18(12-13-24-23)14-22(27)28-16-17-8-6-5-7-9-17/h5-11,14-15,23-24,26H,3-4,12-13,16H2,1-2H3/b18-14+. The van der Waals surface area contributed by atoms with Gasteiger partial charge >= 0.3 is 5.97 Å². The molecule has 5 nitrogen and oxygen atoms in total. The zero-order valence-corrected chi connectivity index (χ0v) is 16.5. The smallest absolute Gasteiger partial charge is 0.331 e. The summed E-state index contributed by atoms with van der Waals surface area (Å²) in [5, 5.41) is 14.0. The molecule has 0 amide bonds. The van der Waals surface area contributed by atoms with Crippen molar-refractivity contribution in [1.82, 2.24) is 5.32 Å². The molecule has 0 spiro atoms. The summed E-state index contributed by atoms with van der Waals surface area (Å²) in [7, 11) is 0. The number of rotatable bonds is 7. The van der Waals surface area contributed by atoms with Gasteiger partial charge in [-0.25, -0.2) is 4.79 Å². The fourth-order valence-corrected chi connectivity index (χ4v) is 3.58. The van der Waals surface area contributed by atoms with Crippen LogP contribution >= 0.6 is 0 Å². The molecular formula is C23H28N2O3. The Morgan fingerprint density at radius 1 is 1.21 bits per heavy atom. The van der Waals surface area contributed by atoms with Crippen LogP contribution in [-0.2, 0) is 16.1 Å². The lowest BCUT2D eigenvalue weighted by molar-refractivity contribution is -0.139. The summed E-state index contributed by atoms with van der Waals surface area (Å²) in [6, 6.07) is 15.2. The highest BCUT2D eigenvalue weighted by molar-refractivity contribution is 5.83. The first-order valence-corrected chi connectivity index (χ1v) is 9.84. The molecule has 148 valence electrons. The van der Waals surface area contributed by atoms with Gasteiger partial charge in [0.15, 0.2) is 0 Å². The van der Waals surface area contributed by atoms with Crippen LogP contribution in [-0.4, -0.2) is 30.7 Å². The van der Waals surface area contributed by atoms with Crippen molar-refractivity contribution in [3.63, 3.8) is 0 Å². The van der Waals surface area contributed by atoms with Crippen molar-refractivity contribution in [2.45, 2.75) is 32.9 Å². The largest absolute Gasteiger partial charge is 0.508 e. The van der Waals surface area contributed by atoms with Crippen LogP contribution in [0.25, 0.3) is 0 Å². The number of anilines is 1. The summed E-state index contributed by atoms with van der Waals surface area (Å²) >= 11 is 0. The highest BCUT2D eigenvalue weighted by Crippen LogP contribution is 2.36. The number of hydrogen-bond acceptors (Lipinski definition) is 5. The summed E-state index contributed by atoms with van der Waals surface area (Å²) in [6.45, 7) is 6.97. The molecule has 1 saturated heterocycles. The number of phenols is 1. The summed E-state index contributed by atoms with van der Waals surface area (Å²) in [4.78, 5) is 14.4. The van der Waals surface area contributed by atoms with Gasteiger partial charge in [-0.15, -0.1) is 0 Å². The van der Waals surface area contributed by atoms with Crippen LogP contribution in [0.15, 0.2) is 60.2 Å². The molecule has 0 saturated carbocycles. The van der Waals surface area contributed by atoms with E-state index in [2.05, 4.69) is 24.1 Å². The number of nitrogens with one attached hydrogen (secondary N) is 1. The number of nitrogens with zero attached hydrogens (tertiary/aromatic N) is 1. The molecule has 0 radical (unpaired) electrons. The fourth-order valence-electron chi connectivity index (χ4n) is 3.58. The zero-order chi connectivity index (χ0) is 19.9. The molecule has 0 bridgehead atoms. The van der Waals surface area contributed by atoms with Gasteiger partial charge in [-0.3, -0.25) is 0 Å². The minimum atomic E-state index is -0.355. The Morgan fingerprint density at radius 3 is 2.64 bits per heavy atom. The monoisotopic (exact) mass is 380 g/mol. The molecule has 1 heterocycles. The van der Waals surface area contributed by atoms with Gasteiger partial charge in [-0.2, -0.15) is 0 Å². The summed E-state index contributed by atoms with van der Waals surface area (Å²) in [5.41, 5.74) is 3.68. The summed E-state index contributed by atoms with van der Waals surface area (Å²) < 4.78 is 5.37. The van der Waals surface area contributed by atoms with Crippen molar-refractivity contribution in [2.24, 2.45) is 0 Å². The predicted molar refractivity (Wildman–Crippen MR) is 111 cm³/mol. The Bertz CT molecular complexity index is 829. The molecular weight excluding hydrogens is 352 g/mol. The molecule has 2 N–H and O–H groups in total. The maximum atomic E-state index is 12.3. The van der Waals surface area contributed by atoms with E-state index in [1.165, 1.54) is 0 Å². The second kappa shape index (κ2) is 9.42. The third-order valence-corrected chi connectivity index (χ3v) is 5.11. The summed E-state index contributed by atoms with van der Waals surface area (Å²) in [5.74, 6) is -0.112. The fraction of sp³-hybridized carbons (Fsp3) is 0.348. The lowest BCUT2D eigenvalue weighted by Gasteiger charge is -2.23. The SMILES string of the molecule is CCN(CC)c1ccc(C2NCC/C2=C\C(=O)OCc2ccccc2)c(O)c1. The Balaban J connectivity index is 1.71. The number of carbonyl (C=O) groups is 1. The first kappa shape index (κ1) is 20.0. The molecule has 3 rings (SSSR count). The van der Waals surface area contributed by atoms with E-state index in [1.54, 1.807) is 12.1 Å². The first-order valence-electron chi connectivity index (χ1n) is 9.84. The van der Waals surface area contributed by atoms with Gasteiger partial charge in [0.05, 0.1) is 6.04 Å². The van der Waals surface area contributed by atoms with E-state index in [0.717, 1.165) is 48.4 Å². The Hall–Kier alpha value is -2.79. The van der Waals surface area contributed by atoms with Gasteiger partial charge < -0.3 is 20.1 Å². The second-order valence-electron chi connectivity index (χ2n) is 6.87. The highest BCUT2D eigenvalue weighted by Gasteiger charge is 2.25. The number of phenolic OH excluding ortho intramolecular Hbond substituents is 1. The molecule has 1 atom stereocenters. The van der Waals surface area contributed by atoms with Gasteiger partial charge in [-0.05, 0) is 44.0 Å². The third-order valence-electron chi connectivity index (χ3n) is 5.11. The van der Waals surface area contributed by atoms with E-state index in [1.807, 2.05) is 42.5 Å². The highest BCUT2D eigenvalue weighted by atomic mass is 16.5. The molecule has 1 fully saturated rings. The molecule has 28 heavy (non-hydrogen) atoms. The average molecular weight is 380 g/mol. The number of carbonyl (C=O) groups excluding carboxylic acids is 1. The van der Waals surface area contributed by atoms with E-state index in [4.69, 9.17) is 4.74 Å². The van der Waals surface area contributed by atoms with Crippen LogP contribution in [0.2, 0.25) is 0 Å². The van der Waals surface area contributed by atoms with Crippen molar-refractivity contribution in [2.75, 3.05) is 24.5 Å². The normalized spacial score (nSPS) is 17.6. The second-order valence-corrected chi connectivity index (χ2v) is 6.87. The number of benzene rings is 2. The van der Waals surface area contributed by atoms with Crippen LogP contribution < -0.4 is 10.2 Å². The van der Waals surface area contributed by atoms with Crippen molar-refractivity contribution < 1.29 is 14.6 Å². The number of hydrogen-bond donors (Lipinski definition) is 2. The van der Waals surface area contributed by atoms with Crippen LogP contribution in [0.4, 0.5) is 5.69 Å². The van der Waals surface area contributed by atoms with E-state index < -0.39 is 0 Å². The van der Waals surface area contributed by atoms with Crippen LogP contribution in [0.1, 0.15) is 37.4 Å². The average Bonchev–Trinajstić information content (AvgIpc) is 3.16. The molecule has 1 unspecified atom stereocenters. The molecule has 1 aliphatic heterocycles. The molecule has 0 aliphatic carbocycles. The Kier molecular flexibility index (Phi) is 6.71. The van der Waals surface area contributed by atoms with Crippen molar-refractivity contribution in [1.29, 1.82) is 0 Å². The number of aromatic hydroxyl groups is 1. The van der Waals surface area contributed by atoms with Gasteiger partial charge in [-0.1, -0.05) is 36.4 Å². The van der Waals surface area contributed by atoms with Gasteiger partial charge in [0, 0.05) is 36.5 Å². The summed E-state index contributed by atoms with van der Waals surface area (Å²) in [6.07, 6.45) is 2.31. The van der Waals surface area contributed by atoms with Crippen LogP contribution in [0.5, 0.6) is 5.75 Å². The van der Waals surface area contributed by atoms with Crippen LogP contribution in [0.3, 0.4) is 0 Å². The Labute approximate surface area is 166 Å². The van der Waals surface area contributed by atoms with Gasteiger partial charge in [0.1, 0.15) is 12.4 Å². The van der Waals surface area contributed by atoms with E-state index >= 15 is 0 Å². The van der Waals surface area contributed by atoms with E-state index in [9.17, 15) is 9.90 Å². The minimum Gasteiger partial charge on any atom is -0.508 e. The van der Waals surface area contributed by atoms with Gasteiger partial charge in [0.25, 0.3) is 0 Å².